The second kappa shape index (κ2) is 5.27. The first-order chi connectivity index (χ1) is 7.75. The van der Waals surface area contributed by atoms with Crippen LogP contribution in [-0.4, -0.2) is 23.0 Å². The monoisotopic (exact) mass is 223 g/mol. The van der Waals surface area contributed by atoms with Crippen LogP contribution in [0.1, 0.15) is 30.5 Å². The summed E-state index contributed by atoms with van der Waals surface area (Å²) in [7, 11) is 0. The molecule has 1 saturated heterocycles. The van der Waals surface area contributed by atoms with Crippen LogP contribution >= 0.6 is 0 Å². The van der Waals surface area contributed by atoms with Gasteiger partial charge in [-0.25, -0.2) is 0 Å². The van der Waals surface area contributed by atoms with Crippen LogP contribution in [0, 0.1) is 6.92 Å². The lowest BCUT2D eigenvalue weighted by Crippen LogP contribution is -2.22. The molecule has 0 radical (unpaired) electrons. The topological polar surface area (TPSA) is 51.6 Å². The number of aromatic hydroxyl groups is 1. The van der Waals surface area contributed by atoms with E-state index < -0.39 is 0 Å². The molecular weight excluding hydrogens is 206 g/mol. The summed E-state index contributed by atoms with van der Waals surface area (Å²) in [5.74, 6) is 0.214. The highest BCUT2D eigenvalue weighted by Crippen LogP contribution is 2.18. The molecule has 88 valence electrons. The van der Waals surface area contributed by atoms with E-state index in [1.54, 1.807) is 19.2 Å². The van der Waals surface area contributed by atoms with Crippen molar-refractivity contribution < 1.29 is 14.6 Å². The smallest absolute Gasteiger partial charge is 0.158 e. The fraction of sp³-hybridized carbons (Fsp3) is 0.583. The summed E-state index contributed by atoms with van der Waals surface area (Å²) >= 11 is 0. The third kappa shape index (κ3) is 2.93. The standard InChI is InChI=1S/C12H17NO3/c1-9-11(14)6-10(7-13-9)8-16-12-4-2-3-5-15-12/h6-7,12,14H,2-5,8H2,1H3. The van der Waals surface area contributed by atoms with Crippen LogP contribution in [0.5, 0.6) is 5.75 Å². The first kappa shape index (κ1) is 11.4. The molecule has 0 saturated carbocycles. The Balaban J connectivity index is 1.86. The second-order valence-electron chi connectivity index (χ2n) is 4.06. The Bertz CT molecular complexity index is 348. The first-order valence-electron chi connectivity index (χ1n) is 5.63. The molecule has 0 bridgehead atoms. The maximum atomic E-state index is 9.49. The zero-order valence-electron chi connectivity index (χ0n) is 9.48. The molecule has 0 aliphatic carbocycles. The lowest BCUT2D eigenvalue weighted by Gasteiger charge is -2.22. The van der Waals surface area contributed by atoms with Gasteiger partial charge < -0.3 is 14.6 Å². The van der Waals surface area contributed by atoms with Gasteiger partial charge in [0, 0.05) is 12.8 Å². The van der Waals surface area contributed by atoms with Crippen LogP contribution in [0.15, 0.2) is 12.3 Å². The van der Waals surface area contributed by atoms with Crippen molar-refractivity contribution in [2.24, 2.45) is 0 Å². The zero-order chi connectivity index (χ0) is 11.4. The number of hydrogen-bond acceptors (Lipinski definition) is 4. The van der Waals surface area contributed by atoms with E-state index in [4.69, 9.17) is 9.47 Å². The molecule has 0 aromatic carbocycles. The van der Waals surface area contributed by atoms with E-state index in [2.05, 4.69) is 4.98 Å². The van der Waals surface area contributed by atoms with Crippen molar-refractivity contribution in [2.75, 3.05) is 6.61 Å². The Labute approximate surface area is 95.2 Å². The van der Waals surface area contributed by atoms with Crippen molar-refractivity contribution >= 4 is 0 Å². The Hall–Kier alpha value is -1.13. The maximum absolute atomic E-state index is 9.49. The van der Waals surface area contributed by atoms with Crippen molar-refractivity contribution in [1.82, 2.24) is 4.98 Å². The normalized spacial score (nSPS) is 20.9. The highest BCUT2D eigenvalue weighted by Gasteiger charge is 2.14. The van der Waals surface area contributed by atoms with Crippen LogP contribution in [0.25, 0.3) is 0 Å². The van der Waals surface area contributed by atoms with Crippen molar-refractivity contribution in [1.29, 1.82) is 0 Å². The van der Waals surface area contributed by atoms with Gasteiger partial charge in [-0.1, -0.05) is 0 Å². The van der Waals surface area contributed by atoms with Crippen LogP contribution in [-0.2, 0) is 16.1 Å². The summed E-state index contributed by atoms with van der Waals surface area (Å²) in [6, 6.07) is 1.69. The van der Waals surface area contributed by atoms with Gasteiger partial charge in [-0.2, -0.15) is 0 Å². The molecule has 1 fully saturated rings. The van der Waals surface area contributed by atoms with E-state index >= 15 is 0 Å². The van der Waals surface area contributed by atoms with Crippen molar-refractivity contribution in [3.63, 3.8) is 0 Å². The fourth-order valence-corrected chi connectivity index (χ4v) is 1.67. The Morgan fingerprint density at radius 1 is 1.56 bits per heavy atom. The number of hydrogen-bond donors (Lipinski definition) is 1. The average molecular weight is 223 g/mol. The number of nitrogens with zero attached hydrogens (tertiary/aromatic N) is 1. The number of rotatable bonds is 3. The van der Waals surface area contributed by atoms with Crippen LogP contribution in [0.4, 0.5) is 0 Å². The highest BCUT2D eigenvalue weighted by molar-refractivity contribution is 5.28. The molecular formula is C12H17NO3. The summed E-state index contributed by atoms with van der Waals surface area (Å²) in [6.07, 6.45) is 4.84. The van der Waals surface area contributed by atoms with Gasteiger partial charge >= 0.3 is 0 Å². The van der Waals surface area contributed by atoms with Gasteiger partial charge in [-0.05, 0) is 37.8 Å². The average Bonchev–Trinajstić information content (AvgIpc) is 2.32. The molecule has 2 heterocycles. The number of aromatic nitrogens is 1. The molecule has 4 heteroatoms. The van der Waals surface area contributed by atoms with Gasteiger partial charge in [-0.15, -0.1) is 0 Å². The summed E-state index contributed by atoms with van der Waals surface area (Å²) in [4.78, 5) is 4.07. The minimum Gasteiger partial charge on any atom is -0.506 e. The van der Waals surface area contributed by atoms with Crippen molar-refractivity contribution in [3.8, 4) is 5.75 Å². The first-order valence-corrected chi connectivity index (χ1v) is 5.63. The predicted octanol–water partition coefficient (Wildman–Crippen LogP) is 2.14. The fourth-order valence-electron chi connectivity index (χ4n) is 1.67. The largest absolute Gasteiger partial charge is 0.506 e. The highest BCUT2D eigenvalue weighted by atomic mass is 16.7. The molecule has 1 atom stereocenters. The predicted molar refractivity (Wildman–Crippen MR) is 59.0 cm³/mol. The molecule has 0 amide bonds. The molecule has 1 aromatic heterocycles. The number of ether oxygens (including phenoxy) is 2. The molecule has 2 rings (SSSR count). The van der Waals surface area contributed by atoms with Gasteiger partial charge in [0.15, 0.2) is 6.29 Å². The molecule has 0 spiro atoms. The molecule has 1 unspecified atom stereocenters. The molecule has 16 heavy (non-hydrogen) atoms. The van der Waals surface area contributed by atoms with E-state index in [9.17, 15) is 5.11 Å². The molecule has 1 aromatic rings. The van der Waals surface area contributed by atoms with Gasteiger partial charge in [0.25, 0.3) is 0 Å². The van der Waals surface area contributed by atoms with E-state index in [0.29, 0.717) is 12.3 Å². The zero-order valence-corrected chi connectivity index (χ0v) is 9.48. The van der Waals surface area contributed by atoms with Crippen LogP contribution in [0.3, 0.4) is 0 Å². The van der Waals surface area contributed by atoms with E-state index in [1.165, 1.54) is 0 Å². The SMILES string of the molecule is Cc1ncc(COC2CCCCO2)cc1O. The second-order valence-corrected chi connectivity index (χ2v) is 4.06. The molecule has 4 nitrogen and oxygen atoms in total. The van der Waals surface area contributed by atoms with Gasteiger partial charge in [-0.3, -0.25) is 4.98 Å². The number of pyridine rings is 1. The van der Waals surface area contributed by atoms with Crippen molar-refractivity contribution in [3.05, 3.63) is 23.5 Å². The quantitative estimate of drug-likeness (QED) is 0.853. The van der Waals surface area contributed by atoms with E-state index in [-0.39, 0.29) is 12.0 Å². The Kier molecular flexibility index (Phi) is 3.74. The third-order valence-corrected chi connectivity index (χ3v) is 2.69. The summed E-state index contributed by atoms with van der Waals surface area (Å²) in [5.41, 5.74) is 1.51. The Morgan fingerprint density at radius 2 is 2.44 bits per heavy atom. The van der Waals surface area contributed by atoms with Crippen molar-refractivity contribution in [2.45, 2.75) is 39.1 Å². The van der Waals surface area contributed by atoms with Crippen LogP contribution < -0.4 is 0 Å². The summed E-state index contributed by atoms with van der Waals surface area (Å²) < 4.78 is 11.0. The summed E-state index contributed by atoms with van der Waals surface area (Å²) in [6.45, 7) is 2.98. The van der Waals surface area contributed by atoms with Gasteiger partial charge in [0.1, 0.15) is 5.75 Å². The molecule has 1 aliphatic rings. The number of aryl methyl sites for hydroxylation is 1. The van der Waals surface area contributed by atoms with Gasteiger partial charge in [0.2, 0.25) is 0 Å². The minimum absolute atomic E-state index is 0.0998. The lowest BCUT2D eigenvalue weighted by molar-refractivity contribution is -0.169. The third-order valence-electron chi connectivity index (χ3n) is 2.69. The van der Waals surface area contributed by atoms with E-state index in [0.717, 1.165) is 31.4 Å². The van der Waals surface area contributed by atoms with Crippen LogP contribution in [0.2, 0.25) is 0 Å². The maximum Gasteiger partial charge on any atom is 0.158 e. The molecule has 1 aliphatic heterocycles. The lowest BCUT2D eigenvalue weighted by atomic mass is 10.2. The van der Waals surface area contributed by atoms with Gasteiger partial charge in [0.05, 0.1) is 12.3 Å². The van der Waals surface area contributed by atoms with E-state index in [1.807, 2.05) is 0 Å². The summed E-state index contributed by atoms with van der Waals surface area (Å²) in [5, 5.41) is 9.49. The Morgan fingerprint density at radius 3 is 3.12 bits per heavy atom. The minimum atomic E-state index is -0.0998. The molecule has 1 N–H and O–H groups in total.